The SMILES string of the molecule is CS(=O)(=O)OC[C@H]1O[C@H](O[C@@H]([C@H](O)[C@@H](O)CO)[C@H](O)CO)[C@H](O)[C@@H](O)[C@@H]1O[C@H]1O[C@H](CO)[C@@H](O[C@H]2O[C@H](CO)[C@@H](O)[C@H](O)[C@H]2O)[C@@H]2O[C@H]12. The minimum Gasteiger partial charge on any atom is -0.394 e. The molecule has 0 radical (unpaired) electrons. The van der Waals surface area contributed by atoms with E-state index < -0.39 is 160 Å². The lowest BCUT2D eigenvalue weighted by molar-refractivity contribution is -0.356. The summed E-state index contributed by atoms with van der Waals surface area (Å²) in [6.45, 7) is -4.34. The van der Waals surface area contributed by atoms with E-state index >= 15 is 0 Å². The minimum absolute atomic E-state index is 0.708. The molecule has 0 aromatic heterocycles. The first-order valence-corrected chi connectivity index (χ1v) is 16.7. The van der Waals surface area contributed by atoms with Crippen molar-refractivity contribution in [1.82, 2.24) is 0 Å². The monoisotopic (exact) mass is 728 g/mol. The number of ether oxygens (including phenoxy) is 7. The molecule has 0 aromatic rings. The molecule has 0 unspecified atom stereocenters. The van der Waals surface area contributed by atoms with E-state index in [0.717, 1.165) is 0 Å². The van der Waals surface area contributed by atoms with Crippen LogP contribution >= 0.6 is 0 Å². The van der Waals surface area contributed by atoms with Crippen LogP contribution in [0.2, 0.25) is 0 Å². The Morgan fingerprint density at radius 3 is 1.77 bits per heavy atom. The lowest BCUT2D eigenvalue weighted by Crippen LogP contribution is -2.64. The third kappa shape index (κ3) is 8.95. The van der Waals surface area contributed by atoms with E-state index in [2.05, 4.69) is 0 Å². The molecule has 282 valence electrons. The van der Waals surface area contributed by atoms with Crippen LogP contribution in [-0.2, 0) is 47.5 Å². The highest BCUT2D eigenvalue weighted by molar-refractivity contribution is 7.85. The smallest absolute Gasteiger partial charge is 0.264 e. The molecule has 19 atom stereocenters. The molecule has 4 aliphatic heterocycles. The van der Waals surface area contributed by atoms with Gasteiger partial charge in [-0.15, -0.1) is 0 Å². The van der Waals surface area contributed by atoms with E-state index in [0.29, 0.717) is 6.26 Å². The zero-order valence-corrected chi connectivity index (χ0v) is 26.2. The van der Waals surface area contributed by atoms with Gasteiger partial charge < -0.3 is 94.4 Å². The van der Waals surface area contributed by atoms with E-state index in [9.17, 15) is 69.7 Å². The molecule has 0 saturated carbocycles. The van der Waals surface area contributed by atoms with Gasteiger partial charge in [0.1, 0.15) is 97.7 Å². The van der Waals surface area contributed by atoms with Crippen LogP contribution < -0.4 is 0 Å². The van der Waals surface area contributed by atoms with Crippen molar-refractivity contribution in [3.63, 3.8) is 0 Å². The molecule has 4 rings (SSSR count). The van der Waals surface area contributed by atoms with E-state index in [1.807, 2.05) is 0 Å². The molecule has 0 spiro atoms. The summed E-state index contributed by atoms with van der Waals surface area (Å²) in [5, 5.41) is 121. The van der Waals surface area contributed by atoms with Gasteiger partial charge in [-0.2, -0.15) is 8.42 Å². The van der Waals surface area contributed by atoms with Crippen LogP contribution in [0.1, 0.15) is 0 Å². The normalized spacial score (nSPS) is 44.4. The first-order chi connectivity index (χ1) is 22.6. The maximum Gasteiger partial charge on any atom is 0.264 e. The predicted octanol–water partition coefficient (Wildman–Crippen LogP) is -9.08. The Kier molecular flexibility index (Phi) is 13.9. The Morgan fingerprint density at radius 1 is 0.625 bits per heavy atom. The van der Waals surface area contributed by atoms with Crippen LogP contribution in [0.4, 0.5) is 0 Å². The average molecular weight is 729 g/mol. The summed E-state index contributed by atoms with van der Waals surface area (Å²) in [6, 6.07) is 0. The number of aliphatic hydroxyl groups excluding tert-OH is 12. The molecule has 4 aliphatic rings. The fourth-order valence-corrected chi connectivity index (χ4v) is 5.95. The second kappa shape index (κ2) is 16.7. The summed E-state index contributed by atoms with van der Waals surface area (Å²) >= 11 is 0. The van der Waals surface area contributed by atoms with E-state index in [1.54, 1.807) is 0 Å². The van der Waals surface area contributed by atoms with Crippen molar-refractivity contribution >= 4 is 10.1 Å². The van der Waals surface area contributed by atoms with E-state index in [-0.39, 0.29) is 0 Å². The van der Waals surface area contributed by atoms with Crippen LogP contribution in [0, 0.1) is 0 Å². The second-order valence-corrected chi connectivity index (χ2v) is 13.4. The Bertz CT molecular complexity index is 1120. The topological polar surface area (TPSA) is 354 Å². The van der Waals surface area contributed by atoms with Gasteiger partial charge in [-0.25, -0.2) is 0 Å². The standard InChI is InChI=1S/C25H44O22S/c1-48(38,39)40-6-11-19(15(35)17(37)24(43-11)45-18(8(31)3-27)12(32)7(30)2-26)46-25-22-21(44-22)20(10(5-29)42-25)47-23-16(36)14(34)13(33)9(4-28)41-23/h7-37H,2-6H2,1H3/t7-,8+,9+,10+,11+,12+,13+,14-,15+,16+,17+,18+,19+,20+,21-,22-,23+,24+,25+/m0/s1. The molecule has 22 nitrogen and oxygen atoms in total. The molecular weight excluding hydrogens is 684 g/mol. The third-order valence-corrected chi connectivity index (χ3v) is 8.87. The Balaban J connectivity index is 1.49. The summed E-state index contributed by atoms with van der Waals surface area (Å²) in [6.07, 6.45) is -30.2. The van der Waals surface area contributed by atoms with Crippen molar-refractivity contribution in [2.75, 3.05) is 39.3 Å². The second-order valence-electron chi connectivity index (χ2n) is 11.8. The van der Waals surface area contributed by atoms with Crippen LogP contribution in [0.25, 0.3) is 0 Å². The van der Waals surface area contributed by atoms with Crippen molar-refractivity contribution in [3.8, 4) is 0 Å². The minimum atomic E-state index is -4.13. The third-order valence-electron chi connectivity index (χ3n) is 8.30. The van der Waals surface area contributed by atoms with Gasteiger partial charge in [0.25, 0.3) is 10.1 Å². The number of epoxide rings is 1. The van der Waals surface area contributed by atoms with Gasteiger partial charge in [0, 0.05) is 0 Å². The van der Waals surface area contributed by atoms with Gasteiger partial charge >= 0.3 is 0 Å². The molecular formula is C25H44O22S. The van der Waals surface area contributed by atoms with Crippen molar-refractivity contribution in [2.24, 2.45) is 0 Å². The molecule has 0 aliphatic carbocycles. The molecule has 0 bridgehead atoms. The number of rotatable bonds is 16. The van der Waals surface area contributed by atoms with Gasteiger partial charge in [-0.3, -0.25) is 4.18 Å². The van der Waals surface area contributed by atoms with Crippen molar-refractivity contribution in [2.45, 2.75) is 117 Å². The summed E-state index contributed by atoms with van der Waals surface area (Å²) in [7, 11) is -4.13. The van der Waals surface area contributed by atoms with Crippen LogP contribution in [-0.4, -0.2) is 226 Å². The van der Waals surface area contributed by atoms with Gasteiger partial charge in [0.2, 0.25) is 0 Å². The highest BCUT2D eigenvalue weighted by Gasteiger charge is 2.62. The number of hydrogen-bond acceptors (Lipinski definition) is 22. The zero-order chi connectivity index (χ0) is 35.7. The summed E-state index contributed by atoms with van der Waals surface area (Å²) < 4.78 is 67.6. The lowest BCUT2D eigenvalue weighted by atomic mass is 9.97. The molecule has 12 N–H and O–H groups in total. The number of aliphatic hydroxyl groups is 12. The van der Waals surface area contributed by atoms with Gasteiger partial charge in [-0.05, 0) is 0 Å². The molecule has 48 heavy (non-hydrogen) atoms. The number of hydrogen-bond donors (Lipinski definition) is 12. The van der Waals surface area contributed by atoms with E-state index in [1.165, 1.54) is 0 Å². The predicted molar refractivity (Wildman–Crippen MR) is 146 cm³/mol. The Labute approximate surface area is 273 Å². The lowest BCUT2D eigenvalue weighted by Gasteiger charge is -2.45. The van der Waals surface area contributed by atoms with Crippen molar-refractivity contribution < 1.29 is 107 Å². The van der Waals surface area contributed by atoms with Crippen molar-refractivity contribution in [3.05, 3.63) is 0 Å². The maximum absolute atomic E-state index is 11.8. The van der Waals surface area contributed by atoms with Crippen LogP contribution in [0.5, 0.6) is 0 Å². The van der Waals surface area contributed by atoms with Crippen LogP contribution in [0.15, 0.2) is 0 Å². The van der Waals surface area contributed by atoms with Gasteiger partial charge in [0.15, 0.2) is 18.9 Å². The first-order valence-electron chi connectivity index (χ1n) is 14.9. The summed E-state index contributed by atoms with van der Waals surface area (Å²) in [4.78, 5) is 0. The largest absolute Gasteiger partial charge is 0.394 e. The number of fused-ring (bicyclic) bond motifs is 1. The zero-order valence-electron chi connectivity index (χ0n) is 25.4. The Hall–Kier alpha value is -0.850. The van der Waals surface area contributed by atoms with Gasteiger partial charge in [-0.1, -0.05) is 0 Å². The summed E-state index contributed by atoms with van der Waals surface area (Å²) in [5.41, 5.74) is 0. The quantitative estimate of drug-likeness (QED) is 0.0518. The summed E-state index contributed by atoms with van der Waals surface area (Å²) in [5.74, 6) is 0. The Morgan fingerprint density at radius 2 is 1.19 bits per heavy atom. The highest BCUT2D eigenvalue weighted by Crippen LogP contribution is 2.42. The fourth-order valence-electron chi connectivity index (χ4n) is 5.56. The van der Waals surface area contributed by atoms with Crippen molar-refractivity contribution in [1.29, 1.82) is 0 Å². The highest BCUT2D eigenvalue weighted by atomic mass is 32.2. The maximum atomic E-state index is 11.8. The average Bonchev–Trinajstić information content (AvgIpc) is 3.86. The van der Waals surface area contributed by atoms with E-state index in [4.69, 9.17) is 37.3 Å². The molecule has 4 heterocycles. The molecule has 0 amide bonds. The molecule has 4 fully saturated rings. The van der Waals surface area contributed by atoms with Gasteiger partial charge in [0.05, 0.1) is 39.3 Å². The first kappa shape index (κ1) is 39.9. The molecule has 0 aromatic carbocycles. The fraction of sp³-hybridized carbons (Fsp3) is 1.00. The molecule has 4 saturated heterocycles. The van der Waals surface area contributed by atoms with Crippen LogP contribution in [0.3, 0.4) is 0 Å². The molecule has 23 heteroatoms.